The first-order valence-electron chi connectivity index (χ1n) is 5.14. The van der Waals surface area contributed by atoms with Crippen molar-refractivity contribution in [3.05, 3.63) is 53.1 Å². The van der Waals surface area contributed by atoms with E-state index in [0.29, 0.717) is 11.4 Å². The van der Waals surface area contributed by atoms with Gasteiger partial charge in [0, 0.05) is 0 Å². The molecule has 2 aromatic carbocycles. The van der Waals surface area contributed by atoms with E-state index >= 15 is 0 Å². The van der Waals surface area contributed by atoms with Crippen molar-refractivity contribution in [3.8, 4) is 11.5 Å². The molecule has 5 heteroatoms. The average molecular weight is 264 g/mol. The van der Waals surface area contributed by atoms with E-state index < -0.39 is 5.97 Å². The molecule has 0 aromatic heterocycles. The minimum Gasteiger partial charge on any atom is -0.478 e. The van der Waals surface area contributed by atoms with Crippen LogP contribution in [-0.2, 0) is 0 Å². The Kier molecular flexibility index (Phi) is 3.39. The molecule has 0 aliphatic heterocycles. The zero-order chi connectivity index (χ0) is 13.1. The topological polar surface area (TPSA) is 72.5 Å². The van der Waals surface area contributed by atoms with Gasteiger partial charge in [0.25, 0.3) is 0 Å². The lowest BCUT2D eigenvalue weighted by molar-refractivity contribution is 0.0696. The first-order chi connectivity index (χ1) is 8.59. The summed E-state index contributed by atoms with van der Waals surface area (Å²) in [5.41, 5.74) is 6.17. The number of para-hydroxylation sites is 2. The van der Waals surface area contributed by atoms with E-state index in [0.717, 1.165) is 0 Å². The molecule has 0 heterocycles. The van der Waals surface area contributed by atoms with Crippen LogP contribution in [0.4, 0.5) is 5.69 Å². The molecule has 4 nitrogen and oxygen atoms in total. The largest absolute Gasteiger partial charge is 0.478 e. The van der Waals surface area contributed by atoms with E-state index in [1.54, 1.807) is 36.4 Å². The third-order valence-electron chi connectivity index (χ3n) is 2.33. The van der Waals surface area contributed by atoms with E-state index in [2.05, 4.69) is 0 Å². The summed E-state index contributed by atoms with van der Waals surface area (Å²) in [5.74, 6) is -0.414. The summed E-state index contributed by atoms with van der Waals surface area (Å²) in [5, 5.41) is 9.00. The van der Waals surface area contributed by atoms with Crippen LogP contribution >= 0.6 is 11.6 Å². The number of benzene rings is 2. The van der Waals surface area contributed by atoms with Gasteiger partial charge < -0.3 is 15.6 Å². The van der Waals surface area contributed by atoms with Crippen molar-refractivity contribution in [1.29, 1.82) is 0 Å². The maximum absolute atomic E-state index is 10.9. The third kappa shape index (κ3) is 2.38. The van der Waals surface area contributed by atoms with Crippen LogP contribution in [0.15, 0.2) is 42.5 Å². The smallest absolute Gasteiger partial charge is 0.337 e. The van der Waals surface area contributed by atoms with Gasteiger partial charge in [0.1, 0.15) is 11.5 Å². The molecule has 0 aliphatic carbocycles. The minimum atomic E-state index is -1.11. The van der Waals surface area contributed by atoms with Gasteiger partial charge in [-0.3, -0.25) is 0 Å². The Hall–Kier alpha value is -2.20. The lowest BCUT2D eigenvalue weighted by atomic mass is 10.2. The third-order valence-corrected chi connectivity index (χ3v) is 2.72. The highest BCUT2D eigenvalue weighted by Gasteiger charge is 2.14. The van der Waals surface area contributed by atoms with Gasteiger partial charge in [0.15, 0.2) is 0 Å². The first kappa shape index (κ1) is 12.3. The number of carboxylic acid groups (broad SMARTS) is 1. The second-order valence-electron chi connectivity index (χ2n) is 3.56. The van der Waals surface area contributed by atoms with Gasteiger partial charge in [-0.25, -0.2) is 4.79 Å². The standard InChI is InChI=1S/C13H10ClNO3/c14-12-8(13(16)17)4-3-7-11(12)18-10-6-2-1-5-9(10)15/h1-7H,15H2,(H,16,17). The number of aromatic carboxylic acids is 1. The van der Waals surface area contributed by atoms with Crippen LogP contribution in [0.3, 0.4) is 0 Å². The van der Waals surface area contributed by atoms with E-state index in [1.165, 1.54) is 6.07 Å². The fourth-order valence-electron chi connectivity index (χ4n) is 1.45. The maximum atomic E-state index is 10.9. The predicted octanol–water partition coefficient (Wildman–Crippen LogP) is 3.41. The minimum absolute atomic E-state index is 0.0105. The first-order valence-corrected chi connectivity index (χ1v) is 5.51. The average Bonchev–Trinajstić information content (AvgIpc) is 2.34. The van der Waals surface area contributed by atoms with Gasteiger partial charge in [0.2, 0.25) is 0 Å². The van der Waals surface area contributed by atoms with Crippen LogP contribution in [0, 0.1) is 0 Å². The second-order valence-corrected chi connectivity index (χ2v) is 3.94. The van der Waals surface area contributed by atoms with Crippen molar-refractivity contribution in [1.82, 2.24) is 0 Å². The molecule has 0 saturated carbocycles. The number of nitrogens with two attached hydrogens (primary N) is 1. The number of nitrogen functional groups attached to an aromatic ring is 1. The molecule has 0 unspecified atom stereocenters. The Morgan fingerprint density at radius 3 is 2.44 bits per heavy atom. The number of anilines is 1. The normalized spacial score (nSPS) is 10.1. The molecule has 2 aromatic rings. The molecule has 0 saturated heterocycles. The summed E-state index contributed by atoms with van der Waals surface area (Å²) in [7, 11) is 0. The number of ether oxygens (including phenoxy) is 1. The summed E-state index contributed by atoms with van der Waals surface area (Å²) in [4.78, 5) is 10.9. The molecule has 0 fully saturated rings. The van der Waals surface area contributed by atoms with Crippen LogP contribution < -0.4 is 10.5 Å². The quantitative estimate of drug-likeness (QED) is 0.833. The zero-order valence-corrected chi connectivity index (χ0v) is 10.0. The Morgan fingerprint density at radius 1 is 1.11 bits per heavy atom. The highest BCUT2D eigenvalue weighted by Crippen LogP contribution is 2.34. The van der Waals surface area contributed by atoms with Crippen molar-refractivity contribution in [2.45, 2.75) is 0 Å². The summed E-state index contributed by atoms with van der Waals surface area (Å²) < 4.78 is 5.51. The van der Waals surface area contributed by atoms with Crippen LogP contribution in [0.25, 0.3) is 0 Å². The molecule has 0 radical (unpaired) electrons. The Labute approximate surface area is 109 Å². The molecule has 0 bridgehead atoms. The lowest BCUT2D eigenvalue weighted by Crippen LogP contribution is -1.99. The number of carbonyl (C=O) groups is 1. The number of hydrogen-bond donors (Lipinski definition) is 2. The highest BCUT2D eigenvalue weighted by molar-refractivity contribution is 6.35. The van der Waals surface area contributed by atoms with E-state index in [-0.39, 0.29) is 16.3 Å². The van der Waals surface area contributed by atoms with E-state index in [1.807, 2.05) is 0 Å². The number of carboxylic acids is 1. The molecular weight excluding hydrogens is 254 g/mol. The van der Waals surface area contributed by atoms with Gasteiger partial charge >= 0.3 is 5.97 Å². The van der Waals surface area contributed by atoms with Gasteiger partial charge in [0.05, 0.1) is 16.3 Å². The SMILES string of the molecule is Nc1ccccc1Oc1cccc(C(=O)O)c1Cl. The molecule has 0 atom stereocenters. The fraction of sp³-hybridized carbons (Fsp3) is 0. The molecule has 92 valence electrons. The number of halogens is 1. The second kappa shape index (κ2) is 4.98. The summed E-state index contributed by atoms with van der Waals surface area (Å²) in [6.07, 6.45) is 0. The Morgan fingerprint density at radius 2 is 1.78 bits per heavy atom. The fourth-order valence-corrected chi connectivity index (χ4v) is 1.69. The van der Waals surface area contributed by atoms with Crippen molar-refractivity contribution in [2.75, 3.05) is 5.73 Å². The Balaban J connectivity index is 2.39. The van der Waals surface area contributed by atoms with Crippen LogP contribution in [0.2, 0.25) is 5.02 Å². The van der Waals surface area contributed by atoms with Crippen molar-refractivity contribution in [2.24, 2.45) is 0 Å². The molecule has 0 amide bonds. The van der Waals surface area contributed by atoms with E-state index in [9.17, 15) is 4.79 Å². The number of hydrogen-bond acceptors (Lipinski definition) is 3. The van der Waals surface area contributed by atoms with Gasteiger partial charge in [-0.2, -0.15) is 0 Å². The summed E-state index contributed by atoms with van der Waals surface area (Å²) in [6.45, 7) is 0. The summed E-state index contributed by atoms with van der Waals surface area (Å²) in [6, 6.07) is 11.5. The molecular formula is C13H10ClNO3. The van der Waals surface area contributed by atoms with Crippen molar-refractivity contribution in [3.63, 3.8) is 0 Å². The van der Waals surface area contributed by atoms with Crippen molar-refractivity contribution < 1.29 is 14.6 Å². The molecule has 0 aliphatic rings. The lowest BCUT2D eigenvalue weighted by Gasteiger charge is -2.10. The van der Waals surface area contributed by atoms with Gasteiger partial charge in [-0.1, -0.05) is 29.8 Å². The van der Waals surface area contributed by atoms with Crippen LogP contribution in [0.1, 0.15) is 10.4 Å². The van der Waals surface area contributed by atoms with Gasteiger partial charge in [-0.15, -0.1) is 0 Å². The number of rotatable bonds is 3. The zero-order valence-electron chi connectivity index (χ0n) is 9.26. The predicted molar refractivity (Wildman–Crippen MR) is 69.3 cm³/mol. The molecule has 18 heavy (non-hydrogen) atoms. The highest BCUT2D eigenvalue weighted by atomic mass is 35.5. The Bertz CT molecular complexity index is 599. The van der Waals surface area contributed by atoms with Crippen LogP contribution in [-0.4, -0.2) is 11.1 Å². The summed E-state index contributed by atoms with van der Waals surface area (Å²) >= 11 is 5.96. The van der Waals surface area contributed by atoms with Crippen LogP contribution in [0.5, 0.6) is 11.5 Å². The van der Waals surface area contributed by atoms with Gasteiger partial charge in [-0.05, 0) is 24.3 Å². The molecule has 2 rings (SSSR count). The maximum Gasteiger partial charge on any atom is 0.337 e. The van der Waals surface area contributed by atoms with Crippen molar-refractivity contribution >= 4 is 23.3 Å². The van der Waals surface area contributed by atoms with E-state index in [4.69, 9.17) is 27.2 Å². The molecule has 3 N–H and O–H groups in total. The monoisotopic (exact) mass is 263 g/mol. The molecule has 0 spiro atoms.